The number of alkyl halides is 1. The van der Waals surface area contributed by atoms with Gasteiger partial charge < -0.3 is 4.74 Å². The Morgan fingerprint density at radius 3 is 2.89 bits per heavy atom. The van der Waals surface area contributed by atoms with Gasteiger partial charge in [-0.2, -0.15) is 0 Å². The highest BCUT2D eigenvalue weighted by molar-refractivity contribution is 7.09. The van der Waals surface area contributed by atoms with Gasteiger partial charge in [-0.1, -0.05) is 18.5 Å². The molecule has 2 aromatic heterocycles. The number of thiazole rings is 1. The minimum absolute atomic E-state index is 0.0905. The van der Waals surface area contributed by atoms with E-state index in [1.54, 1.807) is 29.8 Å². The normalized spacial score (nSPS) is 12.4. The molecule has 0 radical (unpaired) electrons. The molecule has 0 aliphatic heterocycles. The molecule has 0 bridgehead atoms. The summed E-state index contributed by atoms with van der Waals surface area (Å²) >= 11 is 13.2. The van der Waals surface area contributed by atoms with Gasteiger partial charge in [0, 0.05) is 17.6 Å². The summed E-state index contributed by atoms with van der Waals surface area (Å²) in [7, 11) is 0. The van der Waals surface area contributed by atoms with Crippen LogP contribution < -0.4 is 4.74 Å². The van der Waals surface area contributed by atoms with E-state index < -0.39 is 0 Å². The fourth-order valence-electron chi connectivity index (χ4n) is 1.46. The van der Waals surface area contributed by atoms with Gasteiger partial charge in [0.15, 0.2) is 0 Å². The molecule has 0 saturated carbocycles. The lowest BCUT2D eigenvalue weighted by molar-refractivity contribution is 0.200. The third-order valence-electron chi connectivity index (χ3n) is 2.31. The van der Waals surface area contributed by atoms with Gasteiger partial charge in [-0.15, -0.1) is 22.9 Å². The fourth-order valence-corrected chi connectivity index (χ4v) is 2.78. The van der Waals surface area contributed by atoms with E-state index in [1.807, 2.05) is 12.3 Å². The average Bonchev–Trinajstić information content (AvgIpc) is 2.84. The summed E-state index contributed by atoms with van der Waals surface area (Å²) in [4.78, 5) is 8.42. The maximum atomic E-state index is 5.87. The lowest BCUT2D eigenvalue weighted by Crippen LogP contribution is -2.06. The maximum absolute atomic E-state index is 5.87. The van der Waals surface area contributed by atoms with Crippen LogP contribution in [-0.4, -0.2) is 9.97 Å². The average molecular weight is 303 g/mol. The Balaban J connectivity index is 2.14. The van der Waals surface area contributed by atoms with E-state index in [0.717, 1.165) is 17.1 Å². The zero-order chi connectivity index (χ0) is 13.0. The first-order valence-corrected chi connectivity index (χ1v) is 7.29. The highest BCUT2D eigenvalue weighted by Gasteiger charge is 2.15. The smallest absolute Gasteiger partial charge is 0.150 e. The first-order chi connectivity index (χ1) is 8.72. The van der Waals surface area contributed by atoms with Crippen molar-refractivity contribution in [2.75, 3.05) is 0 Å². The van der Waals surface area contributed by atoms with Gasteiger partial charge in [0.1, 0.15) is 16.9 Å². The van der Waals surface area contributed by atoms with E-state index in [9.17, 15) is 0 Å². The molecule has 96 valence electrons. The zero-order valence-electron chi connectivity index (χ0n) is 9.77. The second kappa shape index (κ2) is 6.36. The molecule has 0 fully saturated rings. The van der Waals surface area contributed by atoms with Crippen molar-refractivity contribution in [3.8, 4) is 5.75 Å². The van der Waals surface area contributed by atoms with Crippen molar-refractivity contribution in [2.24, 2.45) is 0 Å². The lowest BCUT2D eigenvalue weighted by Gasteiger charge is -2.14. The van der Waals surface area contributed by atoms with Gasteiger partial charge in [0.05, 0.1) is 22.8 Å². The summed E-state index contributed by atoms with van der Waals surface area (Å²) in [5.74, 6) is 1.07. The monoisotopic (exact) mass is 302 g/mol. The molecule has 1 unspecified atom stereocenters. The van der Waals surface area contributed by atoms with Crippen LogP contribution in [0.1, 0.15) is 30.2 Å². The van der Waals surface area contributed by atoms with Crippen LogP contribution in [0.5, 0.6) is 5.75 Å². The van der Waals surface area contributed by atoms with Gasteiger partial charge in [-0.3, -0.25) is 4.98 Å². The third-order valence-corrected chi connectivity index (χ3v) is 3.78. The van der Waals surface area contributed by atoms with Gasteiger partial charge in [-0.05, 0) is 6.42 Å². The van der Waals surface area contributed by atoms with Gasteiger partial charge >= 0.3 is 0 Å². The zero-order valence-corrected chi connectivity index (χ0v) is 12.1. The first-order valence-electron chi connectivity index (χ1n) is 5.50. The Labute approximate surface area is 120 Å². The summed E-state index contributed by atoms with van der Waals surface area (Å²) < 4.78 is 5.85. The van der Waals surface area contributed by atoms with Crippen LogP contribution in [0, 0.1) is 0 Å². The van der Waals surface area contributed by atoms with Crippen LogP contribution in [0.25, 0.3) is 0 Å². The number of nitrogens with zero attached hydrogens (tertiary/aromatic N) is 2. The van der Waals surface area contributed by atoms with Gasteiger partial charge in [-0.25, -0.2) is 4.98 Å². The molecular formula is C12H12Cl2N2OS. The quantitative estimate of drug-likeness (QED) is 0.765. The largest absolute Gasteiger partial charge is 0.482 e. The molecule has 1 atom stereocenters. The van der Waals surface area contributed by atoms with Crippen LogP contribution in [0.15, 0.2) is 23.8 Å². The number of halogens is 2. The minimum atomic E-state index is -0.0905. The Morgan fingerprint density at radius 2 is 2.28 bits per heavy atom. The molecule has 0 aliphatic carbocycles. The lowest BCUT2D eigenvalue weighted by atomic mass is 10.3. The predicted octanol–water partition coefficient (Wildman–Crippen LogP) is 4.46. The molecule has 3 nitrogen and oxygen atoms in total. The highest BCUT2D eigenvalue weighted by atomic mass is 35.5. The molecule has 2 rings (SSSR count). The molecule has 2 aromatic rings. The first kappa shape index (κ1) is 13.6. The number of pyridine rings is 1. The second-order valence-corrected chi connectivity index (χ2v) is 5.26. The number of ether oxygens (including phenoxy) is 1. The van der Waals surface area contributed by atoms with Crippen molar-refractivity contribution in [1.29, 1.82) is 0 Å². The van der Waals surface area contributed by atoms with Crippen LogP contribution in [0.2, 0.25) is 5.02 Å². The molecular weight excluding hydrogens is 291 g/mol. The topological polar surface area (TPSA) is 35.0 Å². The maximum Gasteiger partial charge on any atom is 0.150 e. The third kappa shape index (κ3) is 3.34. The summed E-state index contributed by atoms with van der Waals surface area (Å²) in [6.07, 6.45) is 3.95. The van der Waals surface area contributed by atoms with Crippen LogP contribution in [0.3, 0.4) is 0 Å². The summed E-state index contributed by atoms with van der Waals surface area (Å²) in [6, 6.07) is 1.74. The van der Waals surface area contributed by atoms with Crippen molar-refractivity contribution in [2.45, 2.75) is 25.3 Å². The highest BCUT2D eigenvalue weighted by Crippen LogP contribution is 2.28. The van der Waals surface area contributed by atoms with E-state index in [2.05, 4.69) is 9.97 Å². The Morgan fingerprint density at radius 1 is 1.44 bits per heavy atom. The molecule has 18 heavy (non-hydrogen) atoms. The van der Waals surface area contributed by atoms with Crippen molar-refractivity contribution in [3.05, 3.63) is 39.6 Å². The van der Waals surface area contributed by atoms with Gasteiger partial charge in [0.2, 0.25) is 0 Å². The molecule has 0 amide bonds. The second-order valence-electron chi connectivity index (χ2n) is 3.66. The molecule has 6 heteroatoms. The summed E-state index contributed by atoms with van der Waals surface area (Å²) in [5, 5.41) is 3.43. The van der Waals surface area contributed by atoms with Crippen molar-refractivity contribution in [1.82, 2.24) is 9.97 Å². The van der Waals surface area contributed by atoms with Crippen LogP contribution >= 0.6 is 34.5 Å². The van der Waals surface area contributed by atoms with Crippen molar-refractivity contribution >= 4 is 34.5 Å². The molecule has 0 aliphatic rings. The molecule has 0 aromatic carbocycles. The number of hydrogen-bond acceptors (Lipinski definition) is 4. The summed E-state index contributed by atoms with van der Waals surface area (Å²) in [6.45, 7) is 2.05. The van der Waals surface area contributed by atoms with E-state index >= 15 is 0 Å². The van der Waals surface area contributed by atoms with Crippen LogP contribution in [-0.2, 0) is 5.88 Å². The number of hydrogen-bond donors (Lipinski definition) is 0. The van der Waals surface area contributed by atoms with E-state index in [0.29, 0.717) is 16.7 Å². The Kier molecular flexibility index (Phi) is 4.80. The molecule has 2 heterocycles. The van der Waals surface area contributed by atoms with Crippen LogP contribution in [0.4, 0.5) is 0 Å². The van der Waals surface area contributed by atoms with Crippen molar-refractivity contribution in [3.63, 3.8) is 0 Å². The van der Waals surface area contributed by atoms with E-state index in [1.165, 1.54) is 0 Å². The van der Waals surface area contributed by atoms with E-state index in [4.69, 9.17) is 27.9 Å². The Hall–Kier alpha value is -0.840. The molecule has 0 N–H and O–H groups in total. The summed E-state index contributed by atoms with van der Waals surface area (Å²) in [5.41, 5.74) is 0.878. The molecule has 0 saturated heterocycles. The number of aromatic nitrogens is 2. The minimum Gasteiger partial charge on any atom is -0.482 e. The van der Waals surface area contributed by atoms with Gasteiger partial charge in [0.25, 0.3) is 0 Å². The number of rotatable bonds is 5. The SMILES string of the molecule is CCC(Oc1cncc(Cl)c1)c1nc(CCl)cs1. The fraction of sp³-hybridized carbons (Fsp3) is 0.333. The standard InChI is InChI=1S/C12H12Cl2N2OS/c1-2-11(12-16-9(4-13)7-18-12)17-10-3-8(14)5-15-6-10/h3,5-7,11H,2,4H2,1H3. The Bertz CT molecular complexity index is 518. The van der Waals surface area contributed by atoms with E-state index in [-0.39, 0.29) is 6.10 Å². The predicted molar refractivity (Wildman–Crippen MR) is 74.6 cm³/mol. The van der Waals surface area contributed by atoms with Crippen molar-refractivity contribution < 1.29 is 4.74 Å². The molecule has 0 spiro atoms.